The van der Waals surface area contributed by atoms with Crippen LogP contribution < -0.4 is 0 Å². The largest absolute Gasteiger partial charge is 0.291 e. The molecule has 0 bridgehead atoms. The lowest BCUT2D eigenvalue weighted by Crippen LogP contribution is -1.94. The molecule has 0 fully saturated rings. The first-order chi connectivity index (χ1) is 20.3. The van der Waals surface area contributed by atoms with Gasteiger partial charge in [0, 0.05) is 33.3 Å². The van der Waals surface area contributed by atoms with E-state index in [4.69, 9.17) is 9.97 Å². The first-order valence-electron chi connectivity index (χ1n) is 13.8. The third kappa shape index (κ3) is 3.19. The van der Waals surface area contributed by atoms with Crippen molar-refractivity contribution in [1.29, 1.82) is 0 Å². The van der Waals surface area contributed by atoms with Crippen LogP contribution in [-0.4, -0.2) is 19.4 Å². The molecule has 0 spiro atoms. The summed E-state index contributed by atoms with van der Waals surface area (Å²) in [7, 11) is 0. The minimum atomic E-state index is 0.859. The van der Waals surface area contributed by atoms with E-state index in [2.05, 4.69) is 113 Å². The van der Waals surface area contributed by atoms with Crippen LogP contribution in [0.1, 0.15) is 0 Å². The van der Waals surface area contributed by atoms with Gasteiger partial charge >= 0.3 is 0 Å². The smallest absolute Gasteiger partial charge is 0.146 e. The summed E-state index contributed by atoms with van der Waals surface area (Å²) in [5.74, 6) is 0. The highest BCUT2D eigenvalue weighted by Gasteiger charge is 2.19. The molecule has 4 heterocycles. The summed E-state index contributed by atoms with van der Waals surface area (Å²) in [5, 5.41) is 8.36. The second kappa shape index (κ2) is 8.44. The van der Waals surface area contributed by atoms with E-state index in [0.29, 0.717) is 0 Å². The van der Waals surface area contributed by atoms with Gasteiger partial charge in [0.05, 0.1) is 33.6 Å². The van der Waals surface area contributed by atoms with Gasteiger partial charge in [0.2, 0.25) is 0 Å². The molecule has 9 aromatic rings. The molecule has 190 valence electrons. The van der Waals surface area contributed by atoms with E-state index < -0.39 is 0 Å². The van der Waals surface area contributed by atoms with E-state index in [1.165, 1.54) is 32.3 Å². The fourth-order valence-corrected chi connectivity index (χ4v) is 6.39. The summed E-state index contributed by atoms with van der Waals surface area (Å²) in [6.45, 7) is 0. The van der Waals surface area contributed by atoms with Crippen LogP contribution in [0.3, 0.4) is 0 Å². The quantitative estimate of drug-likeness (QED) is 0.213. The van der Waals surface area contributed by atoms with Gasteiger partial charge < -0.3 is 0 Å². The zero-order valence-electron chi connectivity index (χ0n) is 22.0. The van der Waals surface area contributed by atoms with Crippen molar-refractivity contribution in [2.45, 2.75) is 0 Å². The normalized spacial score (nSPS) is 11.9. The molecule has 4 aromatic heterocycles. The Hall–Kier alpha value is -5.61. The van der Waals surface area contributed by atoms with Crippen LogP contribution in [-0.2, 0) is 0 Å². The average molecular weight is 523 g/mol. The standard InChI is InChI=1S/C37H22N4/c1-4-13-28-24(10-1)25-11-2-5-14-29(25)36-35(28)40-37-30-15-6-3-12-26(30)27-20-19-23(22-34(27)41(36)37)31-17-9-18-33(39-31)32-16-7-8-21-38-32/h1-22H. The van der Waals surface area contributed by atoms with Crippen LogP contribution in [0.15, 0.2) is 134 Å². The summed E-state index contributed by atoms with van der Waals surface area (Å²) >= 11 is 0. The van der Waals surface area contributed by atoms with Gasteiger partial charge in [-0.2, -0.15) is 0 Å². The molecule has 0 radical (unpaired) electrons. The highest BCUT2D eigenvalue weighted by atomic mass is 15.0. The van der Waals surface area contributed by atoms with Gasteiger partial charge in [-0.25, -0.2) is 9.97 Å². The summed E-state index contributed by atoms with van der Waals surface area (Å²) in [6, 6.07) is 44.6. The molecule has 0 amide bonds. The highest BCUT2D eigenvalue weighted by Crippen LogP contribution is 2.40. The minimum Gasteiger partial charge on any atom is -0.291 e. The molecule has 4 heteroatoms. The van der Waals surface area contributed by atoms with Crippen molar-refractivity contribution < 1.29 is 0 Å². The molecule has 0 aliphatic heterocycles. The molecule has 41 heavy (non-hydrogen) atoms. The van der Waals surface area contributed by atoms with Crippen LogP contribution in [0.2, 0.25) is 0 Å². The van der Waals surface area contributed by atoms with Gasteiger partial charge in [-0.3, -0.25) is 9.38 Å². The molecule has 4 nitrogen and oxygen atoms in total. The van der Waals surface area contributed by atoms with Crippen LogP contribution in [0, 0.1) is 0 Å². The van der Waals surface area contributed by atoms with E-state index >= 15 is 0 Å². The summed E-state index contributed by atoms with van der Waals surface area (Å²) in [4.78, 5) is 14.9. The van der Waals surface area contributed by atoms with E-state index in [0.717, 1.165) is 50.2 Å². The van der Waals surface area contributed by atoms with Crippen molar-refractivity contribution in [2.75, 3.05) is 0 Å². The van der Waals surface area contributed by atoms with Crippen molar-refractivity contribution in [3.8, 4) is 22.6 Å². The maximum atomic E-state index is 5.37. The number of rotatable bonds is 2. The fourth-order valence-electron chi connectivity index (χ4n) is 6.39. The van der Waals surface area contributed by atoms with Gasteiger partial charge in [-0.1, -0.05) is 97.1 Å². The van der Waals surface area contributed by atoms with Gasteiger partial charge in [-0.05, 0) is 46.5 Å². The average Bonchev–Trinajstić information content (AvgIpc) is 3.47. The van der Waals surface area contributed by atoms with Gasteiger partial charge in [-0.15, -0.1) is 0 Å². The Morgan fingerprint density at radius 3 is 1.85 bits per heavy atom. The van der Waals surface area contributed by atoms with Crippen LogP contribution >= 0.6 is 0 Å². The lowest BCUT2D eigenvalue weighted by atomic mass is 9.99. The molecule has 0 aliphatic carbocycles. The van der Waals surface area contributed by atoms with E-state index in [9.17, 15) is 0 Å². The number of fused-ring (bicyclic) bond motifs is 13. The first kappa shape index (κ1) is 22.2. The second-order valence-corrected chi connectivity index (χ2v) is 10.5. The Balaban J connectivity index is 1.45. The van der Waals surface area contributed by atoms with Crippen LogP contribution in [0.4, 0.5) is 0 Å². The fraction of sp³-hybridized carbons (Fsp3) is 0. The molecule has 0 saturated heterocycles. The number of pyridine rings is 3. The lowest BCUT2D eigenvalue weighted by molar-refractivity contribution is 1.25. The SMILES string of the molecule is c1ccc(-c2cccc(-c3ccc4c5ccccc5c5nc6c7ccccc7c7ccccc7c6n5c4c3)n2)nc1. The second-order valence-electron chi connectivity index (χ2n) is 10.5. The Morgan fingerprint density at radius 1 is 0.439 bits per heavy atom. The van der Waals surface area contributed by atoms with Crippen LogP contribution in [0.5, 0.6) is 0 Å². The molecular formula is C37H22N4. The number of benzene rings is 5. The molecule has 0 saturated carbocycles. The molecule has 0 aliphatic rings. The molecule has 0 atom stereocenters. The predicted octanol–water partition coefficient (Wildman–Crippen LogP) is 9.22. The Labute approximate surface area is 235 Å². The monoisotopic (exact) mass is 522 g/mol. The predicted molar refractivity (Wildman–Crippen MR) is 169 cm³/mol. The topological polar surface area (TPSA) is 43.1 Å². The van der Waals surface area contributed by atoms with Crippen molar-refractivity contribution in [3.05, 3.63) is 134 Å². The van der Waals surface area contributed by atoms with Gasteiger partial charge in [0.1, 0.15) is 5.65 Å². The number of nitrogens with zero attached hydrogens (tertiary/aromatic N) is 4. The van der Waals surface area contributed by atoms with Crippen molar-refractivity contribution >= 4 is 59.9 Å². The number of hydrogen-bond acceptors (Lipinski definition) is 3. The first-order valence-corrected chi connectivity index (χ1v) is 13.8. The summed E-state index contributed by atoms with van der Waals surface area (Å²) in [5.41, 5.74) is 7.94. The third-order valence-electron chi connectivity index (χ3n) is 8.20. The van der Waals surface area contributed by atoms with E-state index in [1.54, 1.807) is 6.20 Å². The number of aromatic nitrogens is 4. The maximum absolute atomic E-state index is 5.37. The third-order valence-corrected chi connectivity index (χ3v) is 8.20. The molecule has 0 unspecified atom stereocenters. The zero-order chi connectivity index (χ0) is 26.9. The molecule has 9 rings (SSSR count). The van der Waals surface area contributed by atoms with Crippen molar-refractivity contribution in [3.63, 3.8) is 0 Å². The van der Waals surface area contributed by atoms with Crippen LogP contribution in [0.25, 0.3) is 82.5 Å². The van der Waals surface area contributed by atoms with Gasteiger partial charge in [0.25, 0.3) is 0 Å². The summed E-state index contributed by atoms with van der Waals surface area (Å²) in [6.07, 6.45) is 1.81. The van der Waals surface area contributed by atoms with E-state index in [1.807, 2.05) is 24.3 Å². The minimum absolute atomic E-state index is 0.859. The van der Waals surface area contributed by atoms with Gasteiger partial charge in [0.15, 0.2) is 0 Å². The number of hydrogen-bond donors (Lipinski definition) is 0. The Morgan fingerprint density at radius 2 is 1.07 bits per heavy atom. The number of imidazole rings is 1. The Bertz CT molecular complexity index is 2470. The summed E-state index contributed by atoms with van der Waals surface area (Å²) < 4.78 is 2.37. The molecule has 0 N–H and O–H groups in total. The van der Waals surface area contributed by atoms with Crippen molar-refractivity contribution in [2.24, 2.45) is 0 Å². The lowest BCUT2D eigenvalue weighted by Gasteiger charge is -2.12. The molecular weight excluding hydrogens is 500 g/mol. The zero-order valence-corrected chi connectivity index (χ0v) is 22.0. The van der Waals surface area contributed by atoms with E-state index in [-0.39, 0.29) is 0 Å². The Kier molecular flexibility index (Phi) is 4.58. The molecule has 5 aromatic carbocycles. The van der Waals surface area contributed by atoms with Crippen molar-refractivity contribution in [1.82, 2.24) is 19.4 Å². The highest BCUT2D eigenvalue weighted by molar-refractivity contribution is 6.26. The maximum Gasteiger partial charge on any atom is 0.146 e.